The lowest BCUT2D eigenvalue weighted by molar-refractivity contribution is -0.150. The van der Waals surface area contributed by atoms with Crippen LogP contribution in [0.5, 0.6) is 0 Å². The zero-order valence-electron chi connectivity index (χ0n) is 15.7. The molecule has 4 heteroatoms. The molecule has 0 fully saturated rings. The number of rotatable bonds is 7. The van der Waals surface area contributed by atoms with Crippen molar-refractivity contribution in [1.82, 2.24) is 0 Å². The molecule has 0 aliphatic rings. The van der Waals surface area contributed by atoms with E-state index in [0.29, 0.717) is 0 Å². The van der Waals surface area contributed by atoms with Gasteiger partial charge in [0.15, 0.2) is 0 Å². The Hall–Kier alpha value is -2.30. The summed E-state index contributed by atoms with van der Waals surface area (Å²) in [4.78, 5) is 12.6. The maximum Gasteiger partial charge on any atom is 0.327 e. The normalized spacial score (nSPS) is 13.3. The summed E-state index contributed by atoms with van der Waals surface area (Å²) in [5.41, 5.74) is 9.08. The van der Waals surface area contributed by atoms with E-state index < -0.39 is 6.04 Å². The summed E-state index contributed by atoms with van der Waals surface area (Å²) in [7, 11) is 0. The third-order valence-corrected chi connectivity index (χ3v) is 5.30. The summed E-state index contributed by atoms with van der Waals surface area (Å²) < 4.78 is 5.55. The summed E-state index contributed by atoms with van der Waals surface area (Å²) in [5.74, 6) is 0.578. The second-order valence-electron chi connectivity index (χ2n) is 6.66. The SMILES string of the molecule is CSCC[C@H](C)OC(=O)[C@@H](N)c1ccccc1-c1ccc2ccccc2c1. The number of carbonyl (C=O) groups is 1. The van der Waals surface area contributed by atoms with Gasteiger partial charge < -0.3 is 10.5 Å². The average Bonchev–Trinajstić information content (AvgIpc) is 2.71. The van der Waals surface area contributed by atoms with Gasteiger partial charge in [0.05, 0.1) is 6.10 Å². The number of ether oxygens (including phenoxy) is 1. The minimum atomic E-state index is -0.801. The number of carbonyl (C=O) groups excluding carboxylic acids is 1. The van der Waals surface area contributed by atoms with Crippen molar-refractivity contribution < 1.29 is 9.53 Å². The highest BCUT2D eigenvalue weighted by Gasteiger charge is 2.22. The van der Waals surface area contributed by atoms with Crippen LogP contribution >= 0.6 is 11.8 Å². The number of thioether (sulfide) groups is 1. The van der Waals surface area contributed by atoms with Crippen molar-refractivity contribution in [1.29, 1.82) is 0 Å². The molecule has 0 aliphatic carbocycles. The standard InChI is InChI=1S/C23H25NO2S/c1-16(13-14-27-2)26-23(25)22(24)21-10-6-5-9-20(21)19-12-11-17-7-3-4-8-18(17)15-19/h3-12,15-16,22H,13-14,24H2,1-2H3/t16-,22-/m0/s1. The third kappa shape index (κ3) is 4.71. The fourth-order valence-corrected chi connectivity index (χ4v) is 3.70. The Bertz CT molecular complexity index is 925. The number of hydrogen-bond acceptors (Lipinski definition) is 4. The summed E-state index contributed by atoms with van der Waals surface area (Å²) in [6.45, 7) is 1.91. The third-order valence-electron chi connectivity index (χ3n) is 4.66. The molecular formula is C23H25NO2S. The van der Waals surface area contributed by atoms with Crippen LogP contribution in [0.3, 0.4) is 0 Å². The molecule has 2 N–H and O–H groups in total. The molecule has 3 rings (SSSR count). The molecule has 0 saturated heterocycles. The van der Waals surface area contributed by atoms with Gasteiger partial charge in [0.2, 0.25) is 0 Å². The molecule has 0 bridgehead atoms. The second kappa shape index (κ2) is 9.07. The van der Waals surface area contributed by atoms with Crippen molar-refractivity contribution >= 4 is 28.5 Å². The second-order valence-corrected chi connectivity index (χ2v) is 7.64. The van der Waals surface area contributed by atoms with Crippen LogP contribution in [0.15, 0.2) is 66.7 Å². The highest BCUT2D eigenvalue weighted by Crippen LogP contribution is 2.30. The Morgan fingerprint density at radius 2 is 1.74 bits per heavy atom. The number of esters is 1. The topological polar surface area (TPSA) is 52.3 Å². The molecular weight excluding hydrogens is 354 g/mol. The first-order valence-corrected chi connectivity index (χ1v) is 10.5. The maximum atomic E-state index is 12.6. The van der Waals surface area contributed by atoms with E-state index in [1.807, 2.05) is 49.6 Å². The Kier molecular flexibility index (Phi) is 6.54. The monoisotopic (exact) mass is 379 g/mol. The van der Waals surface area contributed by atoms with Crippen molar-refractivity contribution in [2.24, 2.45) is 5.73 Å². The number of benzene rings is 3. The van der Waals surface area contributed by atoms with Gasteiger partial charge in [-0.2, -0.15) is 11.8 Å². The van der Waals surface area contributed by atoms with Crippen LogP contribution in [0, 0.1) is 0 Å². The Morgan fingerprint density at radius 3 is 2.52 bits per heavy atom. The molecule has 0 spiro atoms. The van der Waals surface area contributed by atoms with Crippen LogP contribution < -0.4 is 5.73 Å². The fraction of sp³-hybridized carbons (Fsp3) is 0.261. The van der Waals surface area contributed by atoms with E-state index in [1.54, 1.807) is 11.8 Å². The molecule has 140 valence electrons. The van der Waals surface area contributed by atoms with Crippen LogP contribution in [0.4, 0.5) is 0 Å². The van der Waals surface area contributed by atoms with Gasteiger partial charge in [-0.05, 0) is 58.9 Å². The molecule has 3 nitrogen and oxygen atoms in total. The molecule has 0 heterocycles. The molecule has 0 unspecified atom stereocenters. The van der Waals surface area contributed by atoms with Gasteiger partial charge in [-0.15, -0.1) is 0 Å². The minimum Gasteiger partial charge on any atom is -0.461 e. The summed E-state index contributed by atoms with van der Waals surface area (Å²) in [6.07, 6.45) is 2.73. The van der Waals surface area contributed by atoms with Crippen LogP contribution in [0.2, 0.25) is 0 Å². The van der Waals surface area contributed by atoms with Crippen LogP contribution in [0.1, 0.15) is 24.9 Å². The lowest BCUT2D eigenvalue weighted by Crippen LogP contribution is -2.27. The van der Waals surface area contributed by atoms with Crippen molar-refractivity contribution in [2.75, 3.05) is 12.0 Å². The molecule has 27 heavy (non-hydrogen) atoms. The number of hydrogen-bond donors (Lipinski definition) is 1. The zero-order chi connectivity index (χ0) is 19.2. The van der Waals surface area contributed by atoms with Gasteiger partial charge in [-0.25, -0.2) is 4.79 Å². The Balaban J connectivity index is 1.87. The van der Waals surface area contributed by atoms with Gasteiger partial charge in [0, 0.05) is 0 Å². The quantitative estimate of drug-likeness (QED) is 0.574. The van der Waals surface area contributed by atoms with Gasteiger partial charge in [0.1, 0.15) is 6.04 Å². The predicted molar refractivity (Wildman–Crippen MR) is 115 cm³/mol. The highest BCUT2D eigenvalue weighted by atomic mass is 32.2. The van der Waals surface area contributed by atoms with Crippen molar-refractivity contribution in [2.45, 2.75) is 25.5 Å². The highest BCUT2D eigenvalue weighted by molar-refractivity contribution is 7.98. The van der Waals surface area contributed by atoms with Crippen LogP contribution in [-0.4, -0.2) is 24.1 Å². The largest absolute Gasteiger partial charge is 0.461 e. The summed E-state index contributed by atoms with van der Waals surface area (Å²) >= 11 is 1.74. The first-order valence-electron chi connectivity index (χ1n) is 9.13. The first-order chi connectivity index (χ1) is 13.1. The molecule has 3 aromatic rings. The number of fused-ring (bicyclic) bond motifs is 1. The smallest absolute Gasteiger partial charge is 0.327 e. The van der Waals surface area contributed by atoms with Crippen molar-refractivity contribution in [3.05, 3.63) is 72.3 Å². The van der Waals surface area contributed by atoms with E-state index in [-0.39, 0.29) is 12.1 Å². The lowest BCUT2D eigenvalue weighted by atomic mass is 9.93. The number of nitrogens with two attached hydrogens (primary N) is 1. The van der Waals surface area contributed by atoms with E-state index in [0.717, 1.165) is 34.3 Å². The molecule has 0 aromatic heterocycles. The van der Waals surface area contributed by atoms with Gasteiger partial charge in [-0.3, -0.25) is 0 Å². The maximum absolute atomic E-state index is 12.6. The predicted octanol–water partition coefficient (Wildman–Crippen LogP) is 5.19. The van der Waals surface area contributed by atoms with Gasteiger partial charge in [0.25, 0.3) is 0 Å². The molecule has 3 aromatic carbocycles. The van der Waals surface area contributed by atoms with E-state index in [2.05, 4.69) is 30.3 Å². The van der Waals surface area contributed by atoms with Gasteiger partial charge >= 0.3 is 5.97 Å². The van der Waals surface area contributed by atoms with Crippen LogP contribution in [0.25, 0.3) is 21.9 Å². The van der Waals surface area contributed by atoms with E-state index in [1.165, 1.54) is 5.39 Å². The first kappa shape index (κ1) is 19.5. The van der Waals surface area contributed by atoms with Crippen molar-refractivity contribution in [3.63, 3.8) is 0 Å². The lowest BCUT2D eigenvalue weighted by Gasteiger charge is -2.19. The van der Waals surface area contributed by atoms with E-state index in [9.17, 15) is 4.79 Å². The van der Waals surface area contributed by atoms with Crippen LogP contribution in [-0.2, 0) is 9.53 Å². The molecule has 2 atom stereocenters. The Labute approximate surface area is 164 Å². The fourth-order valence-electron chi connectivity index (χ4n) is 3.13. The molecule has 0 amide bonds. The van der Waals surface area contributed by atoms with Crippen molar-refractivity contribution in [3.8, 4) is 11.1 Å². The van der Waals surface area contributed by atoms with E-state index >= 15 is 0 Å². The van der Waals surface area contributed by atoms with E-state index in [4.69, 9.17) is 10.5 Å². The van der Waals surface area contributed by atoms with Gasteiger partial charge in [-0.1, -0.05) is 60.7 Å². The summed E-state index contributed by atoms with van der Waals surface area (Å²) in [5, 5.41) is 2.34. The summed E-state index contributed by atoms with van der Waals surface area (Å²) in [6, 6.07) is 21.5. The molecule has 0 saturated carbocycles. The Morgan fingerprint density at radius 1 is 1.04 bits per heavy atom. The minimum absolute atomic E-state index is 0.135. The zero-order valence-corrected chi connectivity index (χ0v) is 16.5. The molecule has 0 aliphatic heterocycles. The average molecular weight is 380 g/mol. The molecule has 0 radical (unpaired) electrons.